The van der Waals surface area contributed by atoms with Crippen LogP contribution in [0.4, 0.5) is 0 Å². The third-order valence-electron chi connectivity index (χ3n) is 2.10. The third kappa shape index (κ3) is 4.71. The van der Waals surface area contributed by atoms with Crippen molar-refractivity contribution in [1.82, 2.24) is 0 Å². The number of nitrogens with zero attached hydrogens (tertiary/aromatic N) is 1. The highest BCUT2D eigenvalue weighted by molar-refractivity contribution is 7.85. The molecule has 1 aromatic carbocycles. The van der Waals surface area contributed by atoms with Crippen molar-refractivity contribution in [2.45, 2.75) is 38.4 Å². The maximum Gasteiger partial charge on any atom is 0.144 e. The Kier molecular flexibility index (Phi) is 4.87. The molecule has 0 radical (unpaired) electrons. The van der Waals surface area contributed by atoms with Gasteiger partial charge in [0.05, 0.1) is 4.75 Å². The van der Waals surface area contributed by atoms with E-state index in [4.69, 9.17) is 0 Å². The van der Waals surface area contributed by atoms with E-state index in [-0.39, 0.29) is 4.75 Å². The highest BCUT2D eigenvalue weighted by Gasteiger charge is 2.17. The van der Waals surface area contributed by atoms with Crippen LogP contribution in [0.5, 0.6) is 0 Å². The molecule has 1 atom stereocenters. The Morgan fingerprint density at radius 1 is 1.25 bits per heavy atom. The molecule has 0 bridgehead atoms. The number of benzene rings is 1. The van der Waals surface area contributed by atoms with Crippen LogP contribution in [0, 0.1) is 0 Å². The molecule has 1 aromatic rings. The predicted octanol–water partition coefficient (Wildman–Crippen LogP) is 3.15. The molecule has 0 aliphatic heterocycles. The Morgan fingerprint density at radius 3 is 2.44 bits per heavy atom. The summed E-state index contributed by atoms with van der Waals surface area (Å²) in [7, 11) is -1.13. The minimum Gasteiger partial charge on any atom is -0.234 e. The fraction of sp³-hybridized carbons (Fsp3) is 0.462. The zero-order valence-electron chi connectivity index (χ0n) is 10.1. The molecule has 0 spiro atoms. The third-order valence-corrected chi connectivity index (χ3v) is 3.49. The zero-order valence-corrected chi connectivity index (χ0v) is 11.0. The van der Waals surface area contributed by atoms with E-state index < -0.39 is 11.0 Å². The van der Waals surface area contributed by atoms with Gasteiger partial charge in [0.25, 0.3) is 0 Å². The van der Waals surface area contributed by atoms with Gasteiger partial charge in [0, 0.05) is 6.21 Å². The molecule has 1 rings (SSSR count). The van der Waals surface area contributed by atoms with Crippen molar-refractivity contribution in [3.63, 3.8) is 0 Å². The highest BCUT2D eigenvalue weighted by atomic mass is 32.2. The molecule has 0 heterocycles. The van der Waals surface area contributed by atoms with E-state index in [1.165, 1.54) is 5.56 Å². The summed E-state index contributed by atoms with van der Waals surface area (Å²) in [6, 6.07) is 10.2. The number of hydrogen-bond acceptors (Lipinski definition) is 1. The Balaban J connectivity index is 2.37. The van der Waals surface area contributed by atoms with Crippen LogP contribution in [-0.4, -0.2) is 15.2 Å². The van der Waals surface area contributed by atoms with Gasteiger partial charge in [-0.3, -0.25) is 0 Å². The summed E-state index contributed by atoms with van der Waals surface area (Å²) in [5.41, 5.74) is 1.29. The van der Waals surface area contributed by atoms with Gasteiger partial charge in [-0.25, -0.2) is 4.21 Å². The summed E-state index contributed by atoms with van der Waals surface area (Å²) in [6.07, 6.45) is 3.56. The van der Waals surface area contributed by atoms with Crippen molar-refractivity contribution in [1.29, 1.82) is 0 Å². The van der Waals surface area contributed by atoms with E-state index in [0.717, 1.165) is 12.8 Å². The van der Waals surface area contributed by atoms with E-state index in [0.29, 0.717) is 0 Å². The number of hydrogen-bond donors (Lipinski definition) is 0. The average molecular weight is 237 g/mol. The lowest BCUT2D eigenvalue weighted by Crippen LogP contribution is -2.19. The van der Waals surface area contributed by atoms with E-state index in [2.05, 4.69) is 16.5 Å². The molecule has 0 saturated carbocycles. The molecule has 0 amide bonds. The Bertz CT molecular complexity index is 365. The van der Waals surface area contributed by atoms with Crippen LogP contribution in [0.1, 0.15) is 32.8 Å². The summed E-state index contributed by atoms with van der Waals surface area (Å²) >= 11 is 0. The van der Waals surface area contributed by atoms with Crippen molar-refractivity contribution >= 4 is 17.2 Å². The molecule has 0 aromatic heterocycles. The summed E-state index contributed by atoms with van der Waals surface area (Å²) in [4.78, 5) is 0. The lowest BCUT2D eigenvalue weighted by molar-refractivity contribution is 0.650. The molecule has 0 fully saturated rings. The number of rotatable bonds is 4. The largest absolute Gasteiger partial charge is 0.234 e. The fourth-order valence-corrected chi connectivity index (χ4v) is 1.71. The van der Waals surface area contributed by atoms with Crippen LogP contribution >= 0.6 is 0 Å². The topological polar surface area (TPSA) is 29.4 Å². The molecule has 0 N–H and O–H groups in total. The van der Waals surface area contributed by atoms with Gasteiger partial charge in [0.15, 0.2) is 0 Å². The molecule has 0 aliphatic carbocycles. The SMILES string of the molecule is CC(C)(C)S(=O)/N=C/CCc1ccccc1. The van der Waals surface area contributed by atoms with Crippen LogP contribution in [0.15, 0.2) is 34.7 Å². The van der Waals surface area contributed by atoms with Gasteiger partial charge < -0.3 is 0 Å². The van der Waals surface area contributed by atoms with Crippen molar-refractivity contribution in [3.8, 4) is 0 Å². The Morgan fingerprint density at radius 2 is 1.88 bits per heavy atom. The standard InChI is InChI=1S/C13H19NOS/c1-13(2,3)16(15)14-11-7-10-12-8-5-4-6-9-12/h4-6,8-9,11H,7,10H2,1-3H3/b14-11+. The second-order valence-electron chi connectivity index (χ2n) is 4.67. The lowest BCUT2D eigenvalue weighted by Gasteiger charge is -2.12. The Hall–Kier alpha value is -0.960. The molecule has 3 heteroatoms. The zero-order chi connectivity index (χ0) is 12.0. The molecule has 16 heavy (non-hydrogen) atoms. The van der Waals surface area contributed by atoms with E-state index in [9.17, 15) is 4.21 Å². The fourth-order valence-electron chi connectivity index (χ4n) is 1.15. The van der Waals surface area contributed by atoms with Crippen LogP contribution in [0.3, 0.4) is 0 Å². The van der Waals surface area contributed by atoms with Gasteiger partial charge in [-0.1, -0.05) is 30.3 Å². The van der Waals surface area contributed by atoms with Crippen LogP contribution in [0.25, 0.3) is 0 Å². The Labute approximate surface area is 100 Å². The van der Waals surface area contributed by atoms with E-state index in [1.54, 1.807) is 6.21 Å². The van der Waals surface area contributed by atoms with Crippen LogP contribution in [0.2, 0.25) is 0 Å². The smallest absolute Gasteiger partial charge is 0.144 e. The van der Waals surface area contributed by atoms with Gasteiger partial charge in [0.1, 0.15) is 11.0 Å². The second kappa shape index (κ2) is 5.94. The summed E-state index contributed by atoms with van der Waals surface area (Å²) < 4.78 is 15.4. The van der Waals surface area contributed by atoms with E-state index >= 15 is 0 Å². The quantitative estimate of drug-likeness (QED) is 0.740. The predicted molar refractivity (Wildman–Crippen MR) is 71.2 cm³/mol. The van der Waals surface area contributed by atoms with Gasteiger partial charge >= 0.3 is 0 Å². The maximum atomic E-state index is 11.6. The van der Waals surface area contributed by atoms with E-state index in [1.807, 2.05) is 39.0 Å². The monoisotopic (exact) mass is 237 g/mol. The first kappa shape index (κ1) is 13.1. The first-order valence-corrected chi connectivity index (χ1v) is 6.59. The molecule has 2 nitrogen and oxygen atoms in total. The summed E-state index contributed by atoms with van der Waals surface area (Å²) in [5.74, 6) is 0. The first-order valence-electron chi connectivity index (χ1n) is 5.48. The van der Waals surface area contributed by atoms with Crippen molar-refractivity contribution in [2.24, 2.45) is 4.40 Å². The van der Waals surface area contributed by atoms with Gasteiger partial charge in [-0.2, -0.15) is 4.40 Å². The summed E-state index contributed by atoms with van der Waals surface area (Å²) in [6.45, 7) is 5.78. The first-order chi connectivity index (χ1) is 7.50. The molecular formula is C13H19NOS. The normalized spacial score (nSPS) is 14.2. The molecule has 1 unspecified atom stereocenters. The minimum absolute atomic E-state index is 0.261. The molecular weight excluding hydrogens is 218 g/mol. The van der Waals surface area contributed by atoms with Crippen molar-refractivity contribution in [3.05, 3.63) is 35.9 Å². The van der Waals surface area contributed by atoms with Gasteiger partial charge in [-0.15, -0.1) is 0 Å². The number of aryl methyl sites for hydroxylation is 1. The highest BCUT2D eigenvalue weighted by Crippen LogP contribution is 2.11. The molecule has 0 saturated heterocycles. The van der Waals surface area contributed by atoms with Crippen molar-refractivity contribution < 1.29 is 4.21 Å². The minimum atomic E-state index is -1.13. The average Bonchev–Trinajstić information content (AvgIpc) is 2.24. The summed E-state index contributed by atoms with van der Waals surface area (Å²) in [5, 5.41) is 0. The van der Waals surface area contributed by atoms with Gasteiger partial charge in [-0.05, 0) is 39.2 Å². The van der Waals surface area contributed by atoms with Crippen LogP contribution < -0.4 is 0 Å². The van der Waals surface area contributed by atoms with Crippen LogP contribution in [-0.2, 0) is 17.4 Å². The molecule has 88 valence electrons. The maximum absolute atomic E-state index is 11.6. The lowest BCUT2D eigenvalue weighted by atomic mass is 10.1. The molecule has 0 aliphatic rings. The van der Waals surface area contributed by atoms with Crippen molar-refractivity contribution in [2.75, 3.05) is 0 Å². The van der Waals surface area contributed by atoms with Gasteiger partial charge in [0.2, 0.25) is 0 Å². The second-order valence-corrected chi connectivity index (χ2v) is 6.61.